The summed E-state index contributed by atoms with van der Waals surface area (Å²) in [6.45, 7) is 9.20. The Kier molecular flexibility index (Phi) is 2.96. The first-order chi connectivity index (χ1) is 9.38. The standard InChI is InChI=1S/C16H25N3O/c1-10-9-18-14(17-5)19-13(10)20-12-8-11-6-7-16(12,4)15(11,2)3/h9,11-12H,6-8H2,1-5H3,(H,17,18,19). The Labute approximate surface area is 121 Å². The maximum atomic E-state index is 6.33. The van der Waals surface area contributed by atoms with E-state index in [1.807, 2.05) is 20.2 Å². The predicted octanol–water partition coefficient (Wildman–Crippen LogP) is 3.42. The Balaban J connectivity index is 1.87. The SMILES string of the molecule is CNc1ncc(C)c(OC2CC3CCC2(C)C3(C)C)n1. The Morgan fingerprint density at radius 1 is 1.35 bits per heavy atom. The normalized spacial score (nSPS) is 34.2. The summed E-state index contributed by atoms with van der Waals surface area (Å²) in [5.74, 6) is 2.14. The molecule has 1 aromatic rings. The van der Waals surface area contributed by atoms with Gasteiger partial charge in [-0.05, 0) is 37.5 Å². The maximum Gasteiger partial charge on any atom is 0.225 e. The fourth-order valence-corrected chi connectivity index (χ4v) is 4.11. The number of nitrogens with zero attached hydrogens (tertiary/aromatic N) is 2. The molecule has 0 aliphatic heterocycles. The van der Waals surface area contributed by atoms with Gasteiger partial charge in [-0.3, -0.25) is 0 Å². The molecule has 1 N–H and O–H groups in total. The second-order valence-electron chi connectivity index (χ2n) is 7.15. The van der Waals surface area contributed by atoms with Crippen molar-refractivity contribution >= 4 is 5.95 Å². The molecule has 2 aliphatic rings. The molecule has 3 rings (SSSR count). The highest BCUT2D eigenvalue weighted by atomic mass is 16.5. The van der Waals surface area contributed by atoms with E-state index in [1.165, 1.54) is 12.8 Å². The van der Waals surface area contributed by atoms with Gasteiger partial charge in [0.15, 0.2) is 0 Å². The Morgan fingerprint density at radius 2 is 2.10 bits per heavy atom. The third-order valence-corrected chi connectivity index (χ3v) is 6.12. The monoisotopic (exact) mass is 275 g/mol. The summed E-state index contributed by atoms with van der Waals surface area (Å²) in [5, 5.41) is 2.98. The fraction of sp³-hybridized carbons (Fsp3) is 0.750. The van der Waals surface area contributed by atoms with Crippen LogP contribution in [0.2, 0.25) is 0 Å². The quantitative estimate of drug-likeness (QED) is 0.918. The molecule has 4 heteroatoms. The van der Waals surface area contributed by atoms with Gasteiger partial charge in [-0.15, -0.1) is 0 Å². The van der Waals surface area contributed by atoms with E-state index in [1.54, 1.807) is 0 Å². The van der Waals surface area contributed by atoms with E-state index in [-0.39, 0.29) is 11.5 Å². The summed E-state index contributed by atoms with van der Waals surface area (Å²) in [6, 6.07) is 0. The van der Waals surface area contributed by atoms with Crippen molar-refractivity contribution in [3.8, 4) is 5.88 Å². The number of fused-ring (bicyclic) bond motifs is 2. The van der Waals surface area contributed by atoms with Crippen LogP contribution < -0.4 is 10.1 Å². The molecule has 0 aromatic carbocycles. The van der Waals surface area contributed by atoms with Crippen molar-refractivity contribution in [3.05, 3.63) is 11.8 Å². The van der Waals surface area contributed by atoms with Crippen LogP contribution in [0, 0.1) is 23.7 Å². The number of hydrogen-bond donors (Lipinski definition) is 1. The minimum absolute atomic E-state index is 0.259. The van der Waals surface area contributed by atoms with E-state index in [0.717, 1.165) is 23.8 Å². The van der Waals surface area contributed by atoms with E-state index >= 15 is 0 Å². The predicted molar refractivity (Wildman–Crippen MR) is 80.0 cm³/mol. The molecule has 0 spiro atoms. The number of rotatable bonds is 3. The van der Waals surface area contributed by atoms with Gasteiger partial charge in [0.05, 0.1) is 0 Å². The molecule has 1 aromatic heterocycles. The van der Waals surface area contributed by atoms with Crippen LogP contribution in [0.5, 0.6) is 5.88 Å². The second kappa shape index (κ2) is 4.34. The van der Waals surface area contributed by atoms with Gasteiger partial charge in [0.2, 0.25) is 11.8 Å². The van der Waals surface area contributed by atoms with Crippen LogP contribution in [0.15, 0.2) is 6.20 Å². The van der Waals surface area contributed by atoms with Crippen LogP contribution in [0.4, 0.5) is 5.95 Å². The van der Waals surface area contributed by atoms with Gasteiger partial charge in [-0.1, -0.05) is 20.8 Å². The van der Waals surface area contributed by atoms with E-state index in [4.69, 9.17) is 4.74 Å². The molecule has 0 saturated heterocycles. The number of aryl methyl sites for hydroxylation is 1. The minimum Gasteiger partial charge on any atom is -0.473 e. The van der Waals surface area contributed by atoms with Gasteiger partial charge < -0.3 is 10.1 Å². The number of ether oxygens (including phenoxy) is 1. The third kappa shape index (κ3) is 1.73. The molecule has 110 valence electrons. The zero-order chi connectivity index (χ0) is 14.5. The maximum absolute atomic E-state index is 6.33. The van der Waals surface area contributed by atoms with E-state index < -0.39 is 0 Å². The van der Waals surface area contributed by atoms with Crippen LogP contribution in [0.3, 0.4) is 0 Å². The highest BCUT2D eigenvalue weighted by molar-refractivity contribution is 5.32. The molecule has 2 bridgehead atoms. The van der Waals surface area contributed by atoms with Crippen molar-refractivity contribution in [1.82, 2.24) is 9.97 Å². The van der Waals surface area contributed by atoms with Gasteiger partial charge in [0.1, 0.15) is 6.10 Å². The highest BCUT2D eigenvalue weighted by Crippen LogP contribution is 2.66. The molecule has 3 atom stereocenters. The lowest BCUT2D eigenvalue weighted by atomic mass is 9.70. The summed E-state index contributed by atoms with van der Waals surface area (Å²) < 4.78 is 6.33. The third-order valence-electron chi connectivity index (χ3n) is 6.12. The zero-order valence-electron chi connectivity index (χ0n) is 13.2. The Morgan fingerprint density at radius 3 is 2.65 bits per heavy atom. The summed E-state index contributed by atoms with van der Waals surface area (Å²) in [5.41, 5.74) is 1.63. The van der Waals surface area contributed by atoms with Crippen LogP contribution in [0.1, 0.15) is 45.6 Å². The molecule has 2 fully saturated rings. The van der Waals surface area contributed by atoms with Crippen molar-refractivity contribution in [2.24, 2.45) is 16.7 Å². The smallest absolute Gasteiger partial charge is 0.225 e. The lowest BCUT2D eigenvalue weighted by molar-refractivity contribution is 0.0268. The van der Waals surface area contributed by atoms with Gasteiger partial charge in [0, 0.05) is 24.2 Å². The topological polar surface area (TPSA) is 47.0 Å². The summed E-state index contributed by atoms with van der Waals surface area (Å²) in [7, 11) is 1.83. The van der Waals surface area contributed by atoms with Crippen molar-refractivity contribution < 1.29 is 4.74 Å². The van der Waals surface area contributed by atoms with Crippen LogP contribution >= 0.6 is 0 Å². The molecular weight excluding hydrogens is 250 g/mol. The average molecular weight is 275 g/mol. The van der Waals surface area contributed by atoms with Crippen molar-refractivity contribution in [2.45, 2.75) is 53.1 Å². The van der Waals surface area contributed by atoms with Crippen LogP contribution in [-0.4, -0.2) is 23.1 Å². The summed E-state index contributed by atoms with van der Waals surface area (Å²) in [6.07, 6.45) is 5.86. The van der Waals surface area contributed by atoms with Gasteiger partial charge in [0.25, 0.3) is 0 Å². The van der Waals surface area contributed by atoms with Crippen LogP contribution in [-0.2, 0) is 0 Å². The minimum atomic E-state index is 0.259. The first kappa shape index (κ1) is 13.7. The number of hydrogen-bond acceptors (Lipinski definition) is 4. The zero-order valence-corrected chi connectivity index (χ0v) is 13.2. The van der Waals surface area contributed by atoms with Gasteiger partial charge in [-0.2, -0.15) is 4.98 Å². The Bertz CT molecular complexity index is 528. The Hall–Kier alpha value is -1.32. The largest absolute Gasteiger partial charge is 0.473 e. The first-order valence-corrected chi connectivity index (χ1v) is 7.56. The average Bonchev–Trinajstić information content (AvgIpc) is 2.74. The van der Waals surface area contributed by atoms with E-state index in [0.29, 0.717) is 11.4 Å². The first-order valence-electron chi connectivity index (χ1n) is 7.56. The van der Waals surface area contributed by atoms with E-state index in [2.05, 4.69) is 36.1 Å². The number of nitrogens with one attached hydrogen (secondary N) is 1. The molecule has 20 heavy (non-hydrogen) atoms. The van der Waals surface area contributed by atoms with Crippen LogP contribution in [0.25, 0.3) is 0 Å². The number of aromatic nitrogens is 2. The molecular formula is C16H25N3O. The molecule has 1 heterocycles. The number of anilines is 1. The molecule has 0 amide bonds. The molecule has 0 radical (unpaired) electrons. The molecule has 2 saturated carbocycles. The second-order valence-corrected chi connectivity index (χ2v) is 7.15. The van der Waals surface area contributed by atoms with Gasteiger partial charge in [-0.25, -0.2) is 4.98 Å². The van der Waals surface area contributed by atoms with Crippen molar-refractivity contribution in [2.75, 3.05) is 12.4 Å². The highest BCUT2D eigenvalue weighted by Gasteiger charge is 2.62. The molecule has 3 unspecified atom stereocenters. The fourth-order valence-electron chi connectivity index (χ4n) is 4.11. The van der Waals surface area contributed by atoms with Crippen molar-refractivity contribution in [1.29, 1.82) is 0 Å². The van der Waals surface area contributed by atoms with E-state index in [9.17, 15) is 0 Å². The summed E-state index contributed by atoms with van der Waals surface area (Å²) in [4.78, 5) is 8.70. The lowest BCUT2D eigenvalue weighted by Gasteiger charge is -2.38. The van der Waals surface area contributed by atoms with Crippen molar-refractivity contribution in [3.63, 3.8) is 0 Å². The summed E-state index contributed by atoms with van der Waals surface area (Å²) >= 11 is 0. The lowest BCUT2D eigenvalue weighted by Crippen LogP contribution is -2.39. The molecule has 2 aliphatic carbocycles. The van der Waals surface area contributed by atoms with Gasteiger partial charge >= 0.3 is 0 Å². The molecule has 4 nitrogen and oxygen atoms in total.